The van der Waals surface area contributed by atoms with Crippen LogP contribution in [0.4, 0.5) is 11.4 Å². The molecule has 1 heterocycles. The van der Waals surface area contributed by atoms with E-state index in [1.54, 1.807) is 36.4 Å². The van der Waals surface area contributed by atoms with Crippen molar-refractivity contribution in [2.45, 2.75) is 20.1 Å². The molecule has 2 aromatic carbocycles. The number of carbonyl (C=O) groups is 3. The second-order valence-electron chi connectivity index (χ2n) is 6.75. The number of nitrogens with one attached hydrogen (secondary N) is 3. The van der Waals surface area contributed by atoms with E-state index in [0.717, 1.165) is 0 Å². The molecule has 12 heteroatoms. The number of allylic oxidation sites excluding steroid dienone is 1. The van der Waals surface area contributed by atoms with E-state index in [1.165, 1.54) is 6.92 Å². The van der Waals surface area contributed by atoms with Gasteiger partial charge in [-0.1, -0.05) is 0 Å². The average molecular weight is 453 g/mol. The van der Waals surface area contributed by atoms with Gasteiger partial charge in [-0.05, 0) is 54.4 Å². The first-order valence-corrected chi connectivity index (χ1v) is 9.48. The van der Waals surface area contributed by atoms with Crippen LogP contribution in [0.3, 0.4) is 0 Å². The number of nitrogens with zero attached hydrogens (tertiary/aromatic N) is 2. The van der Waals surface area contributed by atoms with E-state index in [1.807, 2.05) is 0 Å². The Labute approximate surface area is 185 Å². The Balaban J connectivity index is 1.82. The first kappa shape index (κ1) is 22.9. The molecule has 0 aliphatic rings. The summed E-state index contributed by atoms with van der Waals surface area (Å²) < 4.78 is 9.47. The van der Waals surface area contributed by atoms with E-state index in [2.05, 4.69) is 25.5 Å². The molecule has 0 radical (unpaired) electrons. The maximum atomic E-state index is 12.7. The van der Waals surface area contributed by atoms with Gasteiger partial charge in [0.05, 0.1) is 16.7 Å². The SMILES string of the molecule is CC(O)=C(N=Nc1cc(COC=O)cc(COC=O)c1)C(=O)Nc1ccc2[nH]c(=O)[nH]c2c1. The Kier molecular flexibility index (Phi) is 7.32. The molecule has 0 saturated heterocycles. The number of hydrogen-bond donors (Lipinski definition) is 4. The number of carbonyl (C=O) groups excluding carboxylic acids is 3. The normalized spacial score (nSPS) is 11.8. The van der Waals surface area contributed by atoms with Crippen LogP contribution < -0.4 is 11.0 Å². The van der Waals surface area contributed by atoms with Gasteiger partial charge in [-0.15, -0.1) is 5.11 Å². The van der Waals surface area contributed by atoms with Crippen LogP contribution in [0.5, 0.6) is 0 Å². The molecular formula is C21H19N5O7. The summed E-state index contributed by atoms with van der Waals surface area (Å²) in [7, 11) is 0. The predicted octanol–water partition coefficient (Wildman–Crippen LogP) is 2.71. The summed E-state index contributed by atoms with van der Waals surface area (Å²) in [5.74, 6) is -1.11. The van der Waals surface area contributed by atoms with Crippen molar-refractivity contribution in [3.05, 3.63) is 69.5 Å². The zero-order chi connectivity index (χ0) is 23.8. The molecule has 0 aliphatic heterocycles. The van der Waals surface area contributed by atoms with E-state index in [9.17, 15) is 24.3 Å². The minimum absolute atomic E-state index is 0.0487. The second-order valence-corrected chi connectivity index (χ2v) is 6.75. The number of H-pyrrole nitrogens is 2. The number of benzene rings is 2. The third-order valence-electron chi connectivity index (χ3n) is 4.27. The molecule has 0 bridgehead atoms. The second kappa shape index (κ2) is 10.5. The Hall–Kier alpha value is -4.74. The Morgan fingerprint density at radius 1 is 1.03 bits per heavy atom. The number of amides is 1. The zero-order valence-corrected chi connectivity index (χ0v) is 17.3. The van der Waals surface area contributed by atoms with Crippen molar-refractivity contribution in [1.82, 2.24) is 9.97 Å². The number of hydrogen-bond acceptors (Lipinski definition) is 9. The lowest BCUT2D eigenvalue weighted by molar-refractivity contribution is -0.130. The van der Waals surface area contributed by atoms with Crippen LogP contribution in [0.25, 0.3) is 11.0 Å². The third-order valence-corrected chi connectivity index (χ3v) is 4.27. The molecule has 1 amide bonds. The van der Waals surface area contributed by atoms with Gasteiger partial charge in [-0.2, -0.15) is 5.11 Å². The number of azo groups is 1. The zero-order valence-electron chi connectivity index (χ0n) is 17.3. The minimum Gasteiger partial charge on any atom is -0.510 e. The standard InChI is InChI=1S/C21H19N5O7/c1-12(29)19(20(30)22-15-2-3-17-18(7-15)24-21(31)23-17)26-25-16-5-13(8-32-10-27)4-14(6-16)9-33-11-28/h2-7,10-11,29H,8-9H2,1H3,(H,22,30)(H2,23,24,31). The third kappa shape index (κ3) is 6.13. The van der Waals surface area contributed by atoms with Gasteiger partial charge >= 0.3 is 5.69 Å². The van der Waals surface area contributed by atoms with Crippen LogP contribution in [0.15, 0.2) is 62.9 Å². The summed E-state index contributed by atoms with van der Waals surface area (Å²) in [6.45, 7) is 1.76. The maximum Gasteiger partial charge on any atom is 0.323 e. The van der Waals surface area contributed by atoms with E-state index >= 15 is 0 Å². The van der Waals surface area contributed by atoms with E-state index in [0.29, 0.717) is 27.8 Å². The number of aliphatic hydroxyl groups is 1. The number of imidazole rings is 1. The van der Waals surface area contributed by atoms with Crippen molar-refractivity contribution < 1.29 is 29.0 Å². The van der Waals surface area contributed by atoms with Gasteiger partial charge in [0, 0.05) is 5.69 Å². The van der Waals surface area contributed by atoms with Crippen LogP contribution in [0.2, 0.25) is 0 Å². The molecule has 0 saturated carbocycles. The van der Waals surface area contributed by atoms with Gasteiger partial charge in [0.1, 0.15) is 19.0 Å². The summed E-state index contributed by atoms with van der Waals surface area (Å²) in [6.07, 6.45) is 0. The summed E-state index contributed by atoms with van der Waals surface area (Å²) in [6, 6.07) is 9.47. The Bertz CT molecular complexity index is 1270. The highest BCUT2D eigenvalue weighted by Gasteiger charge is 2.14. The lowest BCUT2D eigenvalue weighted by Gasteiger charge is -2.07. The van der Waals surface area contributed by atoms with Crippen LogP contribution in [0, 0.1) is 0 Å². The number of aromatic nitrogens is 2. The number of ether oxygens (including phenoxy) is 2. The van der Waals surface area contributed by atoms with Gasteiger partial charge < -0.3 is 29.9 Å². The van der Waals surface area contributed by atoms with Crippen molar-refractivity contribution in [2.24, 2.45) is 10.2 Å². The van der Waals surface area contributed by atoms with Crippen LogP contribution in [0.1, 0.15) is 18.1 Å². The summed E-state index contributed by atoms with van der Waals surface area (Å²) in [5.41, 5.74) is 2.05. The molecule has 0 aliphatic carbocycles. The average Bonchev–Trinajstić information content (AvgIpc) is 3.15. The lowest BCUT2D eigenvalue weighted by atomic mass is 10.1. The maximum absolute atomic E-state index is 12.7. The topological polar surface area (TPSA) is 175 Å². The van der Waals surface area contributed by atoms with Crippen molar-refractivity contribution in [2.75, 3.05) is 5.32 Å². The van der Waals surface area contributed by atoms with Crippen molar-refractivity contribution in [1.29, 1.82) is 0 Å². The number of rotatable bonds is 10. The van der Waals surface area contributed by atoms with Gasteiger partial charge in [0.25, 0.3) is 18.9 Å². The van der Waals surface area contributed by atoms with Gasteiger partial charge in [-0.3, -0.25) is 14.4 Å². The van der Waals surface area contributed by atoms with Crippen molar-refractivity contribution in [3.8, 4) is 0 Å². The fourth-order valence-electron chi connectivity index (χ4n) is 2.92. The van der Waals surface area contributed by atoms with Gasteiger partial charge in [0.15, 0.2) is 5.70 Å². The number of anilines is 1. The van der Waals surface area contributed by atoms with E-state index < -0.39 is 5.91 Å². The van der Waals surface area contributed by atoms with Gasteiger partial charge in [0.2, 0.25) is 0 Å². The molecule has 0 unspecified atom stereocenters. The van der Waals surface area contributed by atoms with E-state index in [-0.39, 0.29) is 49.0 Å². The molecule has 0 fully saturated rings. The summed E-state index contributed by atoms with van der Waals surface area (Å²) >= 11 is 0. The quantitative estimate of drug-likeness (QED) is 0.158. The highest BCUT2D eigenvalue weighted by molar-refractivity contribution is 6.04. The van der Waals surface area contributed by atoms with Crippen molar-refractivity contribution >= 4 is 41.3 Å². The first-order chi connectivity index (χ1) is 15.9. The molecule has 3 aromatic rings. The highest BCUT2D eigenvalue weighted by Crippen LogP contribution is 2.22. The van der Waals surface area contributed by atoms with Crippen LogP contribution in [-0.4, -0.2) is 33.9 Å². The predicted molar refractivity (Wildman–Crippen MR) is 116 cm³/mol. The minimum atomic E-state index is -0.735. The molecule has 0 spiro atoms. The lowest BCUT2D eigenvalue weighted by Crippen LogP contribution is -2.14. The molecule has 170 valence electrons. The molecule has 0 atom stereocenters. The van der Waals surface area contributed by atoms with E-state index in [4.69, 9.17) is 9.47 Å². The molecule has 1 aromatic heterocycles. The monoisotopic (exact) mass is 453 g/mol. The molecule has 33 heavy (non-hydrogen) atoms. The fraction of sp³-hybridized carbons (Fsp3) is 0.143. The Morgan fingerprint density at radius 2 is 1.67 bits per heavy atom. The first-order valence-electron chi connectivity index (χ1n) is 9.48. The largest absolute Gasteiger partial charge is 0.510 e. The molecule has 3 rings (SSSR count). The molecule has 4 N–H and O–H groups in total. The van der Waals surface area contributed by atoms with Crippen LogP contribution in [-0.2, 0) is 37.1 Å². The highest BCUT2D eigenvalue weighted by atomic mass is 16.5. The molecule has 12 nitrogen and oxygen atoms in total. The van der Waals surface area contributed by atoms with Gasteiger partial charge in [-0.25, -0.2) is 4.79 Å². The van der Waals surface area contributed by atoms with Crippen LogP contribution >= 0.6 is 0 Å². The summed E-state index contributed by atoms with van der Waals surface area (Å²) in [4.78, 5) is 50.2. The fourth-order valence-corrected chi connectivity index (χ4v) is 2.92. The summed E-state index contributed by atoms with van der Waals surface area (Å²) in [5, 5.41) is 20.4. The number of aromatic amines is 2. The smallest absolute Gasteiger partial charge is 0.323 e. The Morgan fingerprint density at radius 3 is 2.27 bits per heavy atom. The number of aliphatic hydroxyl groups excluding tert-OH is 1. The number of fused-ring (bicyclic) bond motifs is 1. The van der Waals surface area contributed by atoms with Crippen molar-refractivity contribution in [3.63, 3.8) is 0 Å². The molecular weight excluding hydrogens is 434 g/mol.